The first kappa shape index (κ1) is 9.40. The van der Waals surface area contributed by atoms with Crippen LogP contribution >= 0.6 is 0 Å². The molecule has 0 bridgehead atoms. The summed E-state index contributed by atoms with van der Waals surface area (Å²) in [5, 5.41) is 3.20. The van der Waals surface area contributed by atoms with Crippen molar-refractivity contribution in [3.8, 4) is 0 Å². The van der Waals surface area contributed by atoms with Crippen LogP contribution in [0.3, 0.4) is 0 Å². The van der Waals surface area contributed by atoms with E-state index < -0.39 is 0 Å². The van der Waals surface area contributed by atoms with Crippen LogP contribution in [0, 0.1) is 5.92 Å². The van der Waals surface area contributed by atoms with Crippen LogP contribution in [-0.4, -0.2) is 4.98 Å². The van der Waals surface area contributed by atoms with Crippen LogP contribution in [0.1, 0.15) is 13.3 Å². The minimum atomic E-state index is 0.553. The van der Waals surface area contributed by atoms with Crippen molar-refractivity contribution in [2.45, 2.75) is 13.3 Å². The summed E-state index contributed by atoms with van der Waals surface area (Å²) >= 11 is 0. The van der Waals surface area contributed by atoms with Gasteiger partial charge in [0.25, 0.3) is 0 Å². The summed E-state index contributed by atoms with van der Waals surface area (Å²) in [6.07, 6.45) is 5.46. The van der Waals surface area contributed by atoms with Crippen LogP contribution in [0.4, 0.5) is 5.69 Å². The molecule has 1 unspecified atom stereocenters. The molecule has 2 heteroatoms. The van der Waals surface area contributed by atoms with Crippen LogP contribution in [-0.2, 0) is 0 Å². The number of fused-ring (bicyclic) bond motifs is 2. The number of nitrogen functional groups attached to an aromatic ring is 1. The molecule has 1 aromatic carbocycles. The van der Waals surface area contributed by atoms with E-state index in [1.54, 1.807) is 0 Å². The van der Waals surface area contributed by atoms with Crippen LogP contribution in [0.25, 0.3) is 23.1 Å². The second-order valence-corrected chi connectivity index (χ2v) is 4.43. The summed E-state index contributed by atoms with van der Waals surface area (Å²) in [7, 11) is 0. The first-order chi connectivity index (χ1) is 7.75. The Kier molecular flexibility index (Phi) is 1.96. The lowest BCUT2D eigenvalue weighted by Gasteiger charge is -2.10. The maximum Gasteiger partial charge on any atom is 0.0730 e. The fourth-order valence-electron chi connectivity index (χ4n) is 2.25. The SMILES string of the molecule is CC1C=c2c(N)c3ccccc3nc2=CC1. The van der Waals surface area contributed by atoms with Gasteiger partial charge < -0.3 is 5.73 Å². The van der Waals surface area contributed by atoms with Crippen LogP contribution in [0.2, 0.25) is 0 Å². The number of para-hydroxylation sites is 1. The van der Waals surface area contributed by atoms with Gasteiger partial charge in [-0.05, 0) is 18.4 Å². The van der Waals surface area contributed by atoms with Gasteiger partial charge in [0, 0.05) is 10.6 Å². The van der Waals surface area contributed by atoms with E-state index in [0.717, 1.165) is 33.6 Å². The zero-order chi connectivity index (χ0) is 11.1. The molecule has 1 aromatic heterocycles. The number of nitrogens with two attached hydrogens (primary N) is 1. The summed E-state index contributed by atoms with van der Waals surface area (Å²) in [6, 6.07) is 8.04. The summed E-state index contributed by atoms with van der Waals surface area (Å²) in [6.45, 7) is 2.20. The van der Waals surface area contributed by atoms with Gasteiger partial charge in [-0.15, -0.1) is 0 Å². The van der Waals surface area contributed by atoms with E-state index >= 15 is 0 Å². The first-order valence-electron chi connectivity index (χ1n) is 5.62. The van der Waals surface area contributed by atoms with Gasteiger partial charge >= 0.3 is 0 Å². The Morgan fingerprint density at radius 2 is 2.12 bits per heavy atom. The molecule has 2 aromatic rings. The Balaban J connectivity index is 2.53. The zero-order valence-electron chi connectivity index (χ0n) is 9.27. The fourth-order valence-corrected chi connectivity index (χ4v) is 2.25. The summed E-state index contributed by atoms with van der Waals surface area (Å²) < 4.78 is 0. The highest BCUT2D eigenvalue weighted by molar-refractivity contribution is 5.90. The lowest BCUT2D eigenvalue weighted by atomic mass is 9.99. The Morgan fingerprint density at radius 3 is 3.00 bits per heavy atom. The lowest BCUT2D eigenvalue weighted by Crippen LogP contribution is -2.34. The standard InChI is InChI=1S/C14H14N2/c1-9-6-7-13-11(8-9)14(15)10-4-2-3-5-12(10)16-13/h2-5,7-9H,6,15H2,1H3. The highest BCUT2D eigenvalue weighted by Crippen LogP contribution is 2.15. The molecule has 0 aliphatic heterocycles. The van der Waals surface area contributed by atoms with Gasteiger partial charge in [0.2, 0.25) is 0 Å². The number of hydrogen-bond donors (Lipinski definition) is 1. The molecule has 2 nitrogen and oxygen atoms in total. The van der Waals surface area contributed by atoms with Crippen LogP contribution in [0.15, 0.2) is 24.3 Å². The van der Waals surface area contributed by atoms with Crippen molar-refractivity contribution in [2.75, 3.05) is 5.73 Å². The maximum atomic E-state index is 6.21. The van der Waals surface area contributed by atoms with Gasteiger partial charge in [-0.25, -0.2) is 4.98 Å². The average Bonchev–Trinajstić information content (AvgIpc) is 2.31. The molecule has 0 radical (unpaired) electrons. The molecule has 3 rings (SSSR count). The zero-order valence-corrected chi connectivity index (χ0v) is 9.27. The van der Waals surface area contributed by atoms with E-state index in [4.69, 9.17) is 5.73 Å². The van der Waals surface area contributed by atoms with Gasteiger partial charge in [-0.1, -0.05) is 37.3 Å². The highest BCUT2D eigenvalue weighted by Gasteiger charge is 2.07. The third-order valence-corrected chi connectivity index (χ3v) is 3.14. The molecule has 0 fully saturated rings. The monoisotopic (exact) mass is 210 g/mol. The first-order valence-corrected chi connectivity index (χ1v) is 5.62. The second-order valence-electron chi connectivity index (χ2n) is 4.43. The smallest absolute Gasteiger partial charge is 0.0730 e. The molecule has 0 saturated carbocycles. The largest absolute Gasteiger partial charge is 0.398 e. The molecule has 80 valence electrons. The molecule has 0 spiro atoms. The number of aromatic nitrogens is 1. The molecule has 0 saturated heterocycles. The van der Waals surface area contributed by atoms with Crippen molar-refractivity contribution in [1.82, 2.24) is 4.98 Å². The molecule has 1 aliphatic carbocycles. The van der Waals surface area contributed by atoms with E-state index in [1.807, 2.05) is 24.3 Å². The summed E-state index contributed by atoms with van der Waals surface area (Å²) in [5.41, 5.74) is 8.06. The molecule has 16 heavy (non-hydrogen) atoms. The van der Waals surface area contributed by atoms with Crippen LogP contribution in [0.5, 0.6) is 0 Å². The van der Waals surface area contributed by atoms with E-state index in [0.29, 0.717) is 5.92 Å². The number of nitrogens with zero attached hydrogens (tertiary/aromatic N) is 1. The van der Waals surface area contributed by atoms with Crippen molar-refractivity contribution in [2.24, 2.45) is 5.92 Å². The minimum Gasteiger partial charge on any atom is -0.398 e. The predicted molar refractivity (Wildman–Crippen MR) is 68.1 cm³/mol. The van der Waals surface area contributed by atoms with Gasteiger partial charge in [-0.2, -0.15) is 0 Å². The Bertz CT molecular complexity index is 671. The molecule has 1 aliphatic rings. The predicted octanol–water partition coefficient (Wildman–Crippen LogP) is 1.42. The van der Waals surface area contributed by atoms with Crippen molar-refractivity contribution < 1.29 is 0 Å². The van der Waals surface area contributed by atoms with Crippen molar-refractivity contribution >= 4 is 28.7 Å². The summed E-state index contributed by atoms with van der Waals surface area (Å²) in [5.74, 6) is 0.553. The van der Waals surface area contributed by atoms with E-state index in [9.17, 15) is 0 Å². The second kappa shape index (κ2) is 3.34. The molecular weight excluding hydrogens is 196 g/mol. The third kappa shape index (κ3) is 1.30. The lowest BCUT2D eigenvalue weighted by molar-refractivity contribution is 0.797. The quantitative estimate of drug-likeness (QED) is 0.714. The number of anilines is 1. The van der Waals surface area contributed by atoms with E-state index in [-0.39, 0.29) is 0 Å². The molecule has 1 heterocycles. The van der Waals surface area contributed by atoms with E-state index in [2.05, 4.69) is 24.1 Å². The van der Waals surface area contributed by atoms with E-state index in [1.165, 1.54) is 0 Å². The molecule has 0 amide bonds. The minimum absolute atomic E-state index is 0.553. The van der Waals surface area contributed by atoms with Gasteiger partial charge in [0.05, 0.1) is 16.6 Å². The number of rotatable bonds is 0. The van der Waals surface area contributed by atoms with Gasteiger partial charge in [0.1, 0.15) is 0 Å². The number of benzene rings is 1. The Morgan fingerprint density at radius 1 is 1.31 bits per heavy atom. The van der Waals surface area contributed by atoms with Crippen molar-refractivity contribution in [3.63, 3.8) is 0 Å². The van der Waals surface area contributed by atoms with Gasteiger partial charge in [0.15, 0.2) is 0 Å². The Labute approximate surface area is 94.1 Å². The average molecular weight is 210 g/mol. The highest BCUT2D eigenvalue weighted by atomic mass is 14.7. The van der Waals surface area contributed by atoms with Gasteiger partial charge in [-0.3, -0.25) is 0 Å². The van der Waals surface area contributed by atoms with Crippen LogP contribution < -0.4 is 16.3 Å². The maximum absolute atomic E-state index is 6.21. The van der Waals surface area contributed by atoms with Crippen molar-refractivity contribution in [1.29, 1.82) is 0 Å². The fraction of sp³-hybridized carbons (Fsp3) is 0.214. The Hall–Kier alpha value is -1.83. The van der Waals surface area contributed by atoms with Crippen molar-refractivity contribution in [3.05, 3.63) is 34.8 Å². The molecular formula is C14H14N2. The number of pyridine rings is 1. The molecule has 1 atom stereocenters. The number of hydrogen-bond acceptors (Lipinski definition) is 2. The third-order valence-electron chi connectivity index (χ3n) is 3.14. The molecule has 2 N–H and O–H groups in total. The normalized spacial score (nSPS) is 18.7. The summed E-state index contributed by atoms with van der Waals surface area (Å²) in [4.78, 5) is 4.64. The topological polar surface area (TPSA) is 38.9 Å².